The third-order valence-corrected chi connectivity index (χ3v) is 2.98. The summed E-state index contributed by atoms with van der Waals surface area (Å²) in [6.45, 7) is 1.21. The number of amides is 1. The highest BCUT2D eigenvalue weighted by molar-refractivity contribution is 5.92. The normalized spacial score (nSPS) is 16.9. The Bertz CT molecular complexity index is 400. The number of carbonyl (C=O) groups excluding carboxylic acids is 1. The fourth-order valence-corrected chi connectivity index (χ4v) is 1.92. The lowest BCUT2D eigenvalue weighted by molar-refractivity contribution is 0.0541. The first-order valence-electron chi connectivity index (χ1n) is 5.83. The minimum absolute atomic E-state index is 0.0611. The maximum absolute atomic E-state index is 12.1. The number of aromatic nitrogens is 1. The quantitative estimate of drug-likeness (QED) is 0.792. The molecule has 1 aliphatic heterocycles. The van der Waals surface area contributed by atoms with Crippen molar-refractivity contribution < 1.29 is 9.90 Å². The van der Waals surface area contributed by atoms with Gasteiger partial charge in [-0.15, -0.1) is 0 Å². The molecule has 0 aliphatic carbocycles. The van der Waals surface area contributed by atoms with Gasteiger partial charge in [-0.05, 0) is 25.0 Å². The lowest BCUT2D eigenvalue weighted by Crippen LogP contribution is -2.40. The molecule has 1 fully saturated rings. The van der Waals surface area contributed by atoms with Gasteiger partial charge in [-0.3, -0.25) is 4.79 Å². The molecule has 0 unspecified atom stereocenters. The van der Waals surface area contributed by atoms with E-state index in [1.54, 1.807) is 18.0 Å². The highest BCUT2D eigenvalue weighted by Gasteiger charge is 2.23. The van der Waals surface area contributed by atoms with Crippen molar-refractivity contribution in [1.29, 1.82) is 0 Å². The summed E-state index contributed by atoms with van der Waals surface area (Å²) in [7, 11) is 1.77. The molecule has 5 heteroatoms. The third-order valence-electron chi connectivity index (χ3n) is 2.98. The molecule has 1 aliphatic rings. The number of anilines is 1. The number of rotatable bonds is 2. The van der Waals surface area contributed by atoms with E-state index in [1.165, 1.54) is 0 Å². The van der Waals surface area contributed by atoms with Crippen LogP contribution in [0.2, 0.25) is 0 Å². The van der Waals surface area contributed by atoms with Crippen molar-refractivity contribution in [3.63, 3.8) is 0 Å². The van der Waals surface area contributed by atoms with Crippen molar-refractivity contribution in [2.24, 2.45) is 0 Å². The Hall–Kier alpha value is -1.62. The van der Waals surface area contributed by atoms with Crippen LogP contribution in [0.4, 0.5) is 5.82 Å². The lowest BCUT2D eigenvalue weighted by Gasteiger charge is -2.29. The second-order valence-electron chi connectivity index (χ2n) is 4.18. The molecule has 2 rings (SSSR count). The number of nitrogens with one attached hydrogen (secondary N) is 1. The molecule has 5 nitrogen and oxygen atoms in total. The maximum Gasteiger partial charge on any atom is 0.272 e. The number of likely N-dealkylation sites (tertiary alicyclic amines) is 1. The zero-order chi connectivity index (χ0) is 12.3. The van der Waals surface area contributed by atoms with E-state index in [4.69, 9.17) is 0 Å². The van der Waals surface area contributed by atoms with Crippen LogP contribution in [0.1, 0.15) is 23.3 Å². The topological polar surface area (TPSA) is 65.5 Å². The number of carbonyl (C=O) groups is 1. The molecule has 0 atom stereocenters. The van der Waals surface area contributed by atoms with E-state index in [1.807, 2.05) is 12.1 Å². The summed E-state index contributed by atoms with van der Waals surface area (Å²) in [5, 5.41) is 12.3. The predicted molar refractivity (Wildman–Crippen MR) is 64.9 cm³/mol. The molecule has 1 amide bonds. The zero-order valence-electron chi connectivity index (χ0n) is 9.89. The molecule has 0 spiro atoms. The summed E-state index contributed by atoms with van der Waals surface area (Å²) in [4.78, 5) is 18.1. The molecule has 2 heterocycles. The van der Waals surface area contributed by atoms with Crippen LogP contribution in [0.15, 0.2) is 18.2 Å². The van der Waals surface area contributed by atoms with Gasteiger partial charge in [0, 0.05) is 20.1 Å². The highest BCUT2D eigenvalue weighted by atomic mass is 16.3. The molecular weight excluding hydrogens is 218 g/mol. The number of pyridine rings is 1. The van der Waals surface area contributed by atoms with Gasteiger partial charge < -0.3 is 15.3 Å². The fraction of sp³-hybridized carbons (Fsp3) is 0.500. The number of aliphatic hydroxyl groups excluding tert-OH is 1. The molecule has 1 aromatic heterocycles. The summed E-state index contributed by atoms with van der Waals surface area (Å²) in [5.41, 5.74) is 0.452. The Kier molecular flexibility index (Phi) is 3.58. The van der Waals surface area contributed by atoms with Gasteiger partial charge in [-0.25, -0.2) is 4.98 Å². The molecule has 2 N–H and O–H groups in total. The summed E-state index contributed by atoms with van der Waals surface area (Å²) in [5.74, 6) is 0.627. The smallest absolute Gasteiger partial charge is 0.272 e. The average molecular weight is 235 g/mol. The van der Waals surface area contributed by atoms with Gasteiger partial charge in [0.2, 0.25) is 0 Å². The summed E-state index contributed by atoms with van der Waals surface area (Å²) < 4.78 is 0. The first kappa shape index (κ1) is 11.9. The number of hydrogen-bond donors (Lipinski definition) is 2. The molecule has 92 valence electrons. The van der Waals surface area contributed by atoms with Crippen LogP contribution in [0.25, 0.3) is 0 Å². The summed E-state index contributed by atoms with van der Waals surface area (Å²) in [6, 6.07) is 5.34. The van der Waals surface area contributed by atoms with Gasteiger partial charge in [0.1, 0.15) is 11.5 Å². The Balaban J connectivity index is 2.08. The van der Waals surface area contributed by atoms with Crippen LogP contribution in [0, 0.1) is 0 Å². The van der Waals surface area contributed by atoms with Crippen molar-refractivity contribution in [2.45, 2.75) is 18.9 Å². The Labute approximate surface area is 100 Å². The number of piperidine rings is 1. The maximum atomic E-state index is 12.1. The van der Waals surface area contributed by atoms with E-state index in [0.717, 1.165) is 0 Å². The van der Waals surface area contributed by atoms with Gasteiger partial charge in [0.15, 0.2) is 0 Å². The van der Waals surface area contributed by atoms with Crippen LogP contribution in [0.3, 0.4) is 0 Å². The Morgan fingerprint density at radius 2 is 2.18 bits per heavy atom. The molecule has 1 aromatic rings. The van der Waals surface area contributed by atoms with E-state index >= 15 is 0 Å². The van der Waals surface area contributed by atoms with Gasteiger partial charge in [0.05, 0.1) is 6.10 Å². The van der Waals surface area contributed by atoms with Crippen LogP contribution in [0.5, 0.6) is 0 Å². The van der Waals surface area contributed by atoms with Crippen molar-refractivity contribution >= 4 is 11.7 Å². The number of aliphatic hydroxyl groups is 1. The molecule has 0 radical (unpaired) electrons. The molecule has 0 saturated carbocycles. The Morgan fingerprint density at radius 3 is 2.82 bits per heavy atom. The Morgan fingerprint density at radius 1 is 1.47 bits per heavy atom. The minimum atomic E-state index is -0.268. The van der Waals surface area contributed by atoms with E-state index in [-0.39, 0.29) is 12.0 Å². The van der Waals surface area contributed by atoms with Crippen LogP contribution in [-0.4, -0.2) is 47.1 Å². The standard InChI is InChI=1S/C12H17N3O2/c1-13-11-4-2-3-10(14-11)12(17)15-7-5-9(16)6-8-15/h2-4,9,16H,5-8H2,1H3,(H,13,14). The summed E-state index contributed by atoms with van der Waals surface area (Å²) >= 11 is 0. The van der Waals surface area contributed by atoms with Gasteiger partial charge >= 0.3 is 0 Å². The SMILES string of the molecule is CNc1cccc(C(=O)N2CCC(O)CC2)n1. The molecular formula is C12H17N3O2. The second kappa shape index (κ2) is 5.14. The second-order valence-corrected chi connectivity index (χ2v) is 4.18. The third kappa shape index (κ3) is 2.74. The zero-order valence-corrected chi connectivity index (χ0v) is 9.89. The highest BCUT2D eigenvalue weighted by Crippen LogP contribution is 2.13. The number of hydrogen-bond acceptors (Lipinski definition) is 4. The monoisotopic (exact) mass is 235 g/mol. The van der Waals surface area contributed by atoms with Crippen molar-refractivity contribution in [3.05, 3.63) is 23.9 Å². The molecule has 0 bridgehead atoms. The average Bonchev–Trinajstić information content (AvgIpc) is 2.39. The predicted octanol–water partition coefficient (Wildman–Crippen LogP) is 0.720. The van der Waals surface area contributed by atoms with Crippen LogP contribution < -0.4 is 5.32 Å². The fourth-order valence-electron chi connectivity index (χ4n) is 1.92. The van der Waals surface area contributed by atoms with Gasteiger partial charge in [0.25, 0.3) is 5.91 Å². The first-order valence-corrected chi connectivity index (χ1v) is 5.83. The van der Waals surface area contributed by atoms with Gasteiger partial charge in [-0.1, -0.05) is 6.07 Å². The van der Waals surface area contributed by atoms with Crippen LogP contribution in [-0.2, 0) is 0 Å². The molecule has 0 aromatic carbocycles. The molecule has 1 saturated heterocycles. The van der Waals surface area contributed by atoms with Gasteiger partial charge in [-0.2, -0.15) is 0 Å². The summed E-state index contributed by atoms with van der Waals surface area (Å²) in [6.07, 6.45) is 1.03. The van der Waals surface area contributed by atoms with E-state index in [0.29, 0.717) is 37.4 Å². The van der Waals surface area contributed by atoms with Crippen molar-refractivity contribution in [3.8, 4) is 0 Å². The largest absolute Gasteiger partial charge is 0.393 e. The lowest BCUT2D eigenvalue weighted by atomic mass is 10.1. The van der Waals surface area contributed by atoms with Crippen LogP contribution >= 0.6 is 0 Å². The number of nitrogens with zero attached hydrogens (tertiary/aromatic N) is 2. The van der Waals surface area contributed by atoms with Crippen molar-refractivity contribution in [1.82, 2.24) is 9.88 Å². The van der Waals surface area contributed by atoms with E-state index < -0.39 is 0 Å². The van der Waals surface area contributed by atoms with Crippen molar-refractivity contribution in [2.75, 3.05) is 25.5 Å². The molecule has 17 heavy (non-hydrogen) atoms. The minimum Gasteiger partial charge on any atom is -0.393 e. The van der Waals surface area contributed by atoms with E-state index in [2.05, 4.69) is 10.3 Å². The van der Waals surface area contributed by atoms with E-state index in [9.17, 15) is 9.90 Å². The first-order chi connectivity index (χ1) is 8.20.